The van der Waals surface area contributed by atoms with Crippen LogP contribution in [0.1, 0.15) is 11.1 Å². The minimum Gasteiger partial charge on any atom is -0.454 e. The Morgan fingerprint density at radius 3 is 2.55 bits per heavy atom. The number of hydrogen-bond donors (Lipinski definition) is 1. The van der Waals surface area contributed by atoms with E-state index < -0.39 is 0 Å². The van der Waals surface area contributed by atoms with E-state index in [1.165, 1.54) is 12.1 Å². The molecule has 0 radical (unpaired) electrons. The first-order chi connectivity index (χ1) is 10.7. The van der Waals surface area contributed by atoms with Crippen LogP contribution in [0.5, 0.6) is 11.5 Å². The zero-order chi connectivity index (χ0) is 15.4. The number of nitrogens with zero attached hydrogens (tertiary/aromatic N) is 1. The summed E-state index contributed by atoms with van der Waals surface area (Å²) < 4.78 is 10.6. The number of benzene rings is 2. The van der Waals surface area contributed by atoms with Gasteiger partial charge in [0, 0.05) is 18.7 Å². The number of nitro benzene ring substituents is 1. The first-order valence-corrected chi connectivity index (χ1v) is 7.05. The van der Waals surface area contributed by atoms with Gasteiger partial charge in [0.1, 0.15) is 0 Å². The first kappa shape index (κ1) is 14.3. The van der Waals surface area contributed by atoms with Crippen LogP contribution in [0.25, 0.3) is 0 Å². The van der Waals surface area contributed by atoms with Crippen molar-refractivity contribution >= 4 is 5.69 Å². The number of rotatable bonds is 6. The molecule has 1 heterocycles. The van der Waals surface area contributed by atoms with Crippen molar-refractivity contribution in [3.63, 3.8) is 0 Å². The van der Waals surface area contributed by atoms with Crippen molar-refractivity contribution in [3.8, 4) is 11.5 Å². The highest BCUT2D eigenvalue weighted by molar-refractivity contribution is 5.44. The third-order valence-electron chi connectivity index (χ3n) is 3.50. The van der Waals surface area contributed by atoms with Gasteiger partial charge in [0.15, 0.2) is 11.5 Å². The van der Waals surface area contributed by atoms with E-state index in [1.807, 2.05) is 18.2 Å². The zero-order valence-corrected chi connectivity index (χ0v) is 12.0. The van der Waals surface area contributed by atoms with E-state index in [2.05, 4.69) is 5.32 Å². The number of hydrogen-bond acceptors (Lipinski definition) is 5. The van der Waals surface area contributed by atoms with Crippen LogP contribution in [0.2, 0.25) is 0 Å². The highest BCUT2D eigenvalue weighted by atomic mass is 16.7. The molecular weight excluding hydrogens is 284 g/mol. The Kier molecular flexibility index (Phi) is 4.20. The predicted octanol–water partition coefficient (Wildman–Crippen LogP) is 2.66. The Balaban J connectivity index is 1.46. The molecule has 0 bridgehead atoms. The van der Waals surface area contributed by atoms with Gasteiger partial charge in [0.05, 0.1) is 4.92 Å². The molecule has 0 aliphatic carbocycles. The highest BCUT2D eigenvalue weighted by Crippen LogP contribution is 2.32. The van der Waals surface area contributed by atoms with E-state index in [1.54, 1.807) is 12.1 Å². The summed E-state index contributed by atoms with van der Waals surface area (Å²) in [5.41, 5.74) is 2.33. The van der Waals surface area contributed by atoms with E-state index >= 15 is 0 Å². The summed E-state index contributed by atoms with van der Waals surface area (Å²) >= 11 is 0. The number of nitro groups is 1. The molecule has 0 atom stereocenters. The molecular formula is C16H16N2O4. The Morgan fingerprint density at radius 1 is 1.05 bits per heavy atom. The molecule has 1 aliphatic rings. The van der Waals surface area contributed by atoms with Gasteiger partial charge < -0.3 is 14.8 Å². The first-order valence-electron chi connectivity index (χ1n) is 7.05. The molecule has 1 N–H and O–H groups in total. The molecule has 0 saturated carbocycles. The van der Waals surface area contributed by atoms with E-state index in [9.17, 15) is 10.1 Å². The van der Waals surface area contributed by atoms with Crippen molar-refractivity contribution in [1.82, 2.24) is 5.32 Å². The van der Waals surface area contributed by atoms with Gasteiger partial charge in [-0.25, -0.2) is 0 Å². The average molecular weight is 300 g/mol. The molecule has 6 heteroatoms. The topological polar surface area (TPSA) is 73.6 Å². The largest absolute Gasteiger partial charge is 0.454 e. The minimum absolute atomic E-state index is 0.122. The fourth-order valence-corrected chi connectivity index (χ4v) is 2.30. The lowest BCUT2D eigenvalue weighted by molar-refractivity contribution is -0.384. The van der Waals surface area contributed by atoms with Gasteiger partial charge in [0.2, 0.25) is 6.79 Å². The second-order valence-corrected chi connectivity index (χ2v) is 5.04. The molecule has 0 saturated heterocycles. The summed E-state index contributed by atoms with van der Waals surface area (Å²) in [6, 6.07) is 12.5. The van der Waals surface area contributed by atoms with Crippen molar-refractivity contribution in [1.29, 1.82) is 0 Å². The number of ether oxygens (including phenoxy) is 2. The van der Waals surface area contributed by atoms with Crippen molar-refractivity contribution in [3.05, 3.63) is 63.7 Å². The molecule has 1 aliphatic heterocycles. The molecule has 114 valence electrons. The summed E-state index contributed by atoms with van der Waals surface area (Å²) in [4.78, 5) is 10.2. The molecule has 2 aromatic carbocycles. The normalized spacial score (nSPS) is 12.4. The van der Waals surface area contributed by atoms with Gasteiger partial charge in [-0.1, -0.05) is 18.2 Å². The highest BCUT2D eigenvalue weighted by Gasteiger charge is 2.12. The van der Waals surface area contributed by atoms with Crippen molar-refractivity contribution < 1.29 is 14.4 Å². The second kappa shape index (κ2) is 6.44. The van der Waals surface area contributed by atoms with Crippen LogP contribution >= 0.6 is 0 Å². The van der Waals surface area contributed by atoms with E-state index in [4.69, 9.17) is 9.47 Å². The minimum atomic E-state index is -0.387. The maximum absolute atomic E-state index is 10.6. The van der Waals surface area contributed by atoms with Crippen LogP contribution in [0.4, 0.5) is 5.69 Å². The van der Waals surface area contributed by atoms with Gasteiger partial charge in [-0.05, 0) is 36.2 Å². The van der Waals surface area contributed by atoms with Gasteiger partial charge >= 0.3 is 0 Å². The number of nitrogens with one attached hydrogen (secondary N) is 1. The lowest BCUT2D eigenvalue weighted by Crippen LogP contribution is -2.16. The maximum Gasteiger partial charge on any atom is 0.269 e. The fraction of sp³-hybridized carbons (Fsp3) is 0.250. The quantitative estimate of drug-likeness (QED) is 0.504. The third-order valence-corrected chi connectivity index (χ3v) is 3.50. The zero-order valence-electron chi connectivity index (χ0n) is 12.0. The van der Waals surface area contributed by atoms with Gasteiger partial charge in [0.25, 0.3) is 5.69 Å². The molecule has 0 unspecified atom stereocenters. The van der Waals surface area contributed by atoms with E-state index in [-0.39, 0.29) is 17.4 Å². The Hall–Kier alpha value is -2.60. The van der Waals surface area contributed by atoms with Crippen LogP contribution in [0.15, 0.2) is 42.5 Å². The van der Waals surface area contributed by atoms with Crippen molar-refractivity contribution in [2.75, 3.05) is 13.3 Å². The predicted molar refractivity (Wildman–Crippen MR) is 81.1 cm³/mol. The average Bonchev–Trinajstić information content (AvgIpc) is 2.99. The fourth-order valence-electron chi connectivity index (χ4n) is 2.30. The maximum atomic E-state index is 10.6. The SMILES string of the molecule is O=[N+]([O-])c1ccc(CCNCc2ccc3c(c2)OCO3)cc1. The lowest BCUT2D eigenvalue weighted by Gasteiger charge is -2.06. The molecule has 0 aromatic heterocycles. The van der Waals surface area contributed by atoms with Crippen molar-refractivity contribution in [2.45, 2.75) is 13.0 Å². The molecule has 0 spiro atoms. The summed E-state index contributed by atoms with van der Waals surface area (Å²) in [7, 11) is 0. The van der Waals surface area contributed by atoms with E-state index in [0.717, 1.165) is 42.1 Å². The van der Waals surface area contributed by atoms with Gasteiger partial charge in [-0.2, -0.15) is 0 Å². The second-order valence-electron chi connectivity index (χ2n) is 5.04. The molecule has 0 amide bonds. The summed E-state index contributed by atoms with van der Waals surface area (Å²) in [6.45, 7) is 1.82. The Bertz CT molecular complexity index is 670. The van der Waals surface area contributed by atoms with E-state index in [0.29, 0.717) is 0 Å². The number of non-ortho nitro benzene ring substituents is 1. The van der Waals surface area contributed by atoms with Crippen molar-refractivity contribution in [2.24, 2.45) is 0 Å². The Morgan fingerprint density at radius 2 is 1.77 bits per heavy atom. The summed E-state index contributed by atoms with van der Waals surface area (Å²) in [5.74, 6) is 1.57. The van der Waals surface area contributed by atoms with Crippen LogP contribution in [0, 0.1) is 10.1 Å². The van der Waals surface area contributed by atoms with Crippen LogP contribution in [-0.4, -0.2) is 18.3 Å². The Labute approximate surface area is 127 Å². The monoisotopic (exact) mass is 300 g/mol. The van der Waals surface area contributed by atoms with Crippen LogP contribution < -0.4 is 14.8 Å². The van der Waals surface area contributed by atoms with Gasteiger partial charge in [-0.3, -0.25) is 10.1 Å². The molecule has 6 nitrogen and oxygen atoms in total. The summed E-state index contributed by atoms with van der Waals surface area (Å²) in [6.07, 6.45) is 0.822. The summed E-state index contributed by atoms with van der Waals surface area (Å²) in [5, 5.41) is 13.9. The standard InChI is InChI=1S/C16H16N2O4/c19-18(20)14-4-1-12(2-5-14)7-8-17-10-13-3-6-15-16(9-13)22-11-21-15/h1-6,9,17H,7-8,10-11H2. The van der Waals surface area contributed by atoms with Crippen LogP contribution in [-0.2, 0) is 13.0 Å². The van der Waals surface area contributed by atoms with Gasteiger partial charge in [-0.15, -0.1) is 0 Å². The molecule has 2 aromatic rings. The molecule has 0 fully saturated rings. The lowest BCUT2D eigenvalue weighted by atomic mass is 10.1. The van der Waals surface area contributed by atoms with Crippen LogP contribution in [0.3, 0.4) is 0 Å². The third kappa shape index (κ3) is 3.35. The number of fused-ring (bicyclic) bond motifs is 1. The smallest absolute Gasteiger partial charge is 0.269 e. The molecule has 22 heavy (non-hydrogen) atoms. The molecule has 3 rings (SSSR count).